The average molecular weight is 335 g/mol. The van der Waals surface area contributed by atoms with Crippen molar-refractivity contribution in [1.29, 1.82) is 0 Å². The number of nitrogens with one attached hydrogen (secondary N) is 1. The van der Waals surface area contributed by atoms with Gasteiger partial charge in [0.1, 0.15) is 11.5 Å². The summed E-state index contributed by atoms with van der Waals surface area (Å²) in [5, 5.41) is 16.1. The van der Waals surface area contributed by atoms with Crippen molar-refractivity contribution < 1.29 is 19.4 Å². The van der Waals surface area contributed by atoms with Gasteiger partial charge in [0, 0.05) is 10.9 Å². The molecule has 23 heavy (non-hydrogen) atoms. The number of aromatic nitrogens is 1. The van der Waals surface area contributed by atoms with E-state index in [2.05, 4.69) is 15.5 Å². The van der Waals surface area contributed by atoms with E-state index in [-0.39, 0.29) is 18.1 Å². The molecule has 2 N–H and O–H groups in total. The van der Waals surface area contributed by atoms with Crippen molar-refractivity contribution in [3.8, 4) is 11.5 Å². The van der Waals surface area contributed by atoms with Crippen LogP contribution in [0.4, 0.5) is 5.13 Å². The zero-order valence-corrected chi connectivity index (χ0v) is 13.6. The predicted molar refractivity (Wildman–Crippen MR) is 88.3 cm³/mol. The molecule has 1 heterocycles. The molecule has 7 nitrogen and oxygen atoms in total. The predicted octanol–water partition coefficient (Wildman–Crippen LogP) is 2.41. The van der Waals surface area contributed by atoms with Gasteiger partial charge in [-0.15, -0.1) is 11.3 Å². The van der Waals surface area contributed by atoms with Crippen molar-refractivity contribution in [3.63, 3.8) is 0 Å². The van der Waals surface area contributed by atoms with E-state index >= 15 is 0 Å². The Kier molecular flexibility index (Phi) is 5.93. The first kappa shape index (κ1) is 16.8. The SMILES string of the molecule is CCOC(=O)Cc1csc(NN=Cc2cc(OC)ccc2O)n1. The molecule has 122 valence electrons. The number of methoxy groups -OCH3 is 1. The van der Waals surface area contributed by atoms with E-state index < -0.39 is 0 Å². The zero-order valence-electron chi connectivity index (χ0n) is 12.8. The van der Waals surface area contributed by atoms with Crippen LogP contribution in [-0.4, -0.2) is 36.0 Å². The van der Waals surface area contributed by atoms with Crippen LogP contribution in [0.1, 0.15) is 18.2 Å². The number of carbonyl (C=O) groups excluding carboxylic acids is 1. The van der Waals surface area contributed by atoms with Crippen molar-refractivity contribution in [2.45, 2.75) is 13.3 Å². The molecule has 0 aliphatic heterocycles. The summed E-state index contributed by atoms with van der Waals surface area (Å²) in [5.74, 6) is 0.405. The van der Waals surface area contributed by atoms with Crippen LogP contribution in [0.2, 0.25) is 0 Å². The third-order valence-corrected chi connectivity index (χ3v) is 3.58. The minimum Gasteiger partial charge on any atom is -0.507 e. The number of phenolic OH excluding ortho intramolecular Hbond substituents is 1. The number of carbonyl (C=O) groups is 1. The topological polar surface area (TPSA) is 93.0 Å². The third kappa shape index (κ3) is 4.96. The second-order valence-corrected chi connectivity index (χ2v) is 5.28. The maximum atomic E-state index is 11.4. The fourth-order valence-corrected chi connectivity index (χ4v) is 2.38. The number of hydrogen-bond acceptors (Lipinski definition) is 8. The van der Waals surface area contributed by atoms with E-state index in [0.29, 0.717) is 28.7 Å². The molecule has 0 atom stereocenters. The molecule has 1 aromatic carbocycles. The Balaban J connectivity index is 1.96. The standard InChI is InChI=1S/C15H17N3O4S/c1-3-22-14(20)7-11-9-23-15(17-11)18-16-8-10-6-12(21-2)4-5-13(10)19/h4-6,8-9,19H,3,7H2,1-2H3,(H,17,18). The van der Waals surface area contributed by atoms with E-state index in [9.17, 15) is 9.90 Å². The fraction of sp³-hybridized carbons (Fsp3) is 0.267. The Hall–Kier alpha value is -2.61. The minimum absolute atomic E-state index is 0.0958. The minimum atomic E-state index is -0.311. The highest BCUT2D eigenvalue weighted by Crippen LogP contribution is 2.21. The lowest BCUT2D eigenvalue weighted by molar-refractivity contribution is -0.142. The summed E-state index contributed by atoms with van der Waals surface area (Å²) in [7, 11) is 1.55. The Bertz CT molecular complexity index is 700. The van der Waals surface area contributed by atoms with Gasteiger partial charge in [0.15, 0.2) is 0 Å². The van der Waals surface area contributed by atoms with E-state index in [1.54, 1.807) is 31.5 Å². The van der Waals surface area contributed by atoms with Gasteiger partial charge in [-0.2, -0.15) is 5.10 Å². The van der Waals surface area contributed by atoms with Gasteiger partial charge in [-0.05, 0) is 25.1 Å². The normalized spacial score (nSPS) is 10.7. The number of aromatic hydroxyl groups is 1. The van der Waals surface area contributed by atoms with Crippen molar-refractivity contribution in [2.24, 2.45) is 5.10 Å². The lowest BCUT2D eigenvalue weighted by Crippen LogP contribution is -2.07. The Morgan fingerprint density at radius 1 is 1.52 bits per heavy atom. The van der Waals surface area contributed by atoms with Crippen LogP contribution >= 0.6 is 11.3 Å². The van der Waals surface area contributed by atoms with Gasteiger partial charge >= 0.3 is 5.97 Å². The molecule has 0 unspecified atom stereocenters. The molecule has 0 amide bonds. The van der Waals surface area contributed by atoms with E-state index in [1.807, 2.05) is 0 Å². The van der Waals surface area contributed by atoms with Crippen LogP contribution in [0.25, 0.3) is 0 Å². The lowest BCUT2D eigenvalue weighted by Gasteiger charge is -2.02. The molecule has 0 aliphatic rings. The number of benzene rings is 1. The van der Waals surface area contributed by atoms with Gasteiger partial charge in [-0.1, -0.05) is 0 Å². The second-order valence-electron chi connectivity index (χ2n) is 4.42. The molecule has 2 rings (SSSR count). The van der Waals surface area contributed by atoms with Gasteiger partial charge in [-0.3, -0.25) is 10.2 Å². The largest absolute Gasteiger partial charge is 0.507 e. The maximum absolute atomic E-state index is 11.4. The van der Waals surface area contributed by atoms with Gasteiger partial charge in [-0.25, -0.2) is 4.98 Å². The number of phenols is 1. The highest BCUT2D eigenvalue weighted by molar-refractivity contribution is 7.13. The van der Waals surface area contributed by atoms with Crippen LogP contribution in [0.3, 0.4) is 0 Å². The van der Waals surface area contributed by atoms with Gasteiger partial charge in [0.05, 0.1) is 32.0 Å². The number of ether oxygens (including phenoxy) is 2. The Morgan fingerprint density at radius 3 is 3.09 bits per heavy atom. The molecule has 0 saturated heterocycles. The second kappa shape index (κ2) is 8.14. The number of esters is 1. The Morgan fingerprint density at radius 2 is 2.35 bits per heavy atom. The van der Waals surface area contributed by atoms with Crippen molar-refractivity contribution in [2.75, 3.05) is 19.1 Å². The fourth-order valence-electron chi connectivity index (χ4n) is 1.72. The third-order valence-electron chi connectivity index (χ3n) is 2.78. The lowest BCUT2D eigenvalue weighted by atomic mass is 10.2. The summed E-state index contributed by atoms with van der Waals surface area (Å²) in [5.41, 5.74) is 3.89. The quantitative estimate of drug-likeness (QED) is 0.458. The van der Waals surface area contributed by atoms with Crippen molar-refractivity contribution in [3.05, 3.63) is 34.8 Å². The van der Waals surface area contributed by atoms with Gasteiger partial charge in [0.25, 0.3) is 0 Å². The maximum Gasteiger partial charge on any atom is 0.311 e. The molecular formula is C15H17N3O4S. The molecular weight excluding hydrogens is 318 g/mol. The number of hydrogen-bond donors (Lipinski definition) is 2. The Labute approximate surface area is 137 Å². The molecule has 0 radical (unpaired) electrons. The molecule has 0 spiro atoms. The molecule has 0 aliphatic carbocycles. The smallest absolute Gasteiger partial charge is 0.311 e. The van der Waals surface area contributed by atoms with Crippen molar-refractivity contribution >= 4 is 28.7 Å². The van der Waals surface area contributed by atoms with Crippen LogP contribution in [0.5, 0.6) is 11.5 Å². The van der Waals surface area contributed by atoms with E-state index in [1.165, 1.54) is 23.6 Å². The van der Waals surface area contributed by atoms with E-state index in [4.69, 9.17) is 9.47 Å². The highest BCUT2D eigenvalue weighted by Gasteiger charge is 2.08. The number of hydrazone groups is 1. The highest BCUT2D eigenvalue weighted by atomic mass is 32.1. The molecule has 2 aromatic rings. The van der Waals surface area contributed by atoms with Crippen LogP contribution in [0, 0.1) is 0 Å². The first-order valence-electron chi connectivity index (χ1n) is 6.88. The first-order valence-corrected chi connectivity index (χ1v) is 7.76. The van der Waals surface area contributed by atoms with Gasteiger partial charge in [0.2, 0.25) is 5.13 Å². The number of anilines is 1. The van der Waals surface area contributed by atoms with Crippen LogP contribution in [0.15, 0.2) is 28.7 Å². The molecule has 0 bridgehead atoms. The number of thiazole rings is 1. The summed E-state index contributed by atoms with van der Waals surface area (Å²) in [6.45, 7) is 2.11. The first-order chi connectivity index (χ1) is 11.1. The zero-order chi connectivity index (χ0) is 16.7. The molecule has 1 aromatic heterocycles. The number of rotatable bonds is 7. The van der Waals surface area contributed by atoms with Crippen LogP contribution < -0.4 is 10.2 Å². The molecule has 0 saturated carbocycles. The van der Waals surface area contributed by atoms with Gasteiger partial charge < -0.3 is 14.6 Å². The molecule has 8 heteroatoms. The van der Waals surface area contributed by atoms with E-state index in [0.717, 1.165) is 0 Å². The summed E-state index contributed by atoms with van der Waals surface area (Å²) in [6.07, 6.45) is 1.59. The average Bonchev–Trinajstić information content (AvgIpc) is 2.96. The van der Waals surface area contributed by atoms with Crippen LogP contribution in [-0.2, 0) is 16.0 Å². The van der Waals surface area contributed by atoms with Crippen molar-refractivity contribution in [1.82, 2.24) is 4.98 Å². The monoisotopic (exact) mass is 335 g/mol. The molecule has 0 fully saturated rings. The summed E-state index contributed by atoms with van der Waals surface area (Å²) >= 11 is 1.33. The summed E-state index contributed by atoms with van der Waals surface area (Å²) < 4.78 is 9.95. The number of nitrogens with zero attached hydrogens (tertiary/aromatic N) is 2. The summed E-state index contributed by atoms with van der Waals surface area (Å²) in [6, 6.07) is 4.85. The summed E-state index contributed by atoms with van der Waals surface area (Å²) in [4.78, 5) is 15.6.